The van der Waals surface area contributed by atoms with E-state index in [1.54, 1.807) is 26.9 Å². The van der Waals surface area contributed by atoms with Crippen molar-refractivity contribution in [2.45, 2.75) is 12.0 Å². The summed E-state index contributed by atoms with van der Waals surface area (Å²) in [5.74, 6) is -0.0713. The van der Waals surface area contributed by atoms with Crippen molar-refractivity contribution in [2.75, 3.05) is 38.1 Å². The van der Waals surface area contributed by atoms with Gasteiger partial charge >= 0.3 is 0 Å². The number of anilines is 1. The molecule has 2 aromatic heterocycles. The number of aryl methyl sites for hydroxylation is 1. The van der Waals surface area contributed by atoms with E-state index >= 15 is 0 Å². The van der Waals surface area contributed by atoms with Gasteiger partial charge in [-0.25, -0.2) is 4.98 Å². The Morgan fingerprint density at radius 2 is 2.04 bits per heavy atom. The van der Waals surface area contributed by atoms with E-state index in [-0.39, 0.29) is 17.4 Å². The van der Waals surface area contributed by atoms with Crippen LogP contribution in [0.25, 0.3) is 0 Å². The lowest BCUT2D eigenvalue weighted by Crippen LogP contribution is -2.64. The number of hydrogen-bond acceptors (Lipinski definition) is 6. The quantitative estimate of drug-likeness (QED) is 0.740. The minimum Gasteiger partial charge on any atom is -0.335 e. The zero-order valence-corrected chi connectivity index (χ0v) is 14.9. The molecule has 136 valence electrons. The fraction of sp³-hybridized carbons (Fsp3) is 0.471. The third-order valence-corrected chi connectivity index (χ3v) is 5.34. The van der Waals surface area contributed by atoms with Crippen molar-refractivity contribution in [3.05, 3.63) is 36.7 Å². The van der Waals surface area contributed by atoms with Gasteiger partial charge in [-0.05, 0) is 13.5 Å². The van der Waals surface area contributed by atoms with Crippen molar-refractivity contribution < 1.29 is 9.59 Å². The molecular weight excluding hydrogens is 334 g/mol. The van der Waals surface area contributed by atoms with E-state index in [4.69, 9.17) is 0 Å². The van der Waals surface area contributed by atoms with Gasteiger partial charge in [0.2, 0.25) is 5.91 Å². The molecule has 0 bridgehead atoms. The summed E-state index contributed by atoms with van der Waals surface area (Å²) in [4.78, 5) is 39.0. The molecule has 2 saturated heterocycles. The highest BCUT2D eigenvalue weighted by Crippen LogP contribution is 2.33. The average molecular weight is 355 g/mol. The zero-order chi connectivity index (χ0) is 18.3. The Hall–Kier alpha value is -2.81. The van der Waals surface area contributed by atoms with Crippen LogP contribution in [0.5, 0.6) is 0 Å². The molecule has 9 heteroatoms. The number of likely N-dealkylation sites (tertiary alicyclic amines) is 1. The van der Waals surface area contributed by atoms with E-state index in [0.29, 0.717) is 31.9 Å². The van der Waals surface area contributed by atoms with Gasteiger partial charge in [-0.15, -0.1) is 0 Å². The molecule has 2 aromatic rings. The molecule has 4 rings (SSSR count). The largest absolute Gasteiger partial charge is 0.335 e. The number of hydrogen-bond donors (Lipinski definition) is 0. The van der Waals surface area contributed by atoms with Gasteiger partial charge in [0.05, 0.1) is 30.2 Å². The van der Waals surface area contributed by atoms with E-state index in [1.807, 2.05) is 20.3 Å². The number of likely N-dealkylation sites (N-methyl/N-ethyl adjacent to an activating group) is 1. The predicted molar refractivity (Wildman–Crippen MR) is 93.5 cm³/mol. The van der Waals surface area contributed by atoms with Gasteiger partial charge in [0.25, 0.3) is 5.91 Å². The smallest absolute Gasteiger partial charge is 0.274 e. The molecule has 0 aliphatic carbocycles. The lowest BCUT2D eigenvalue weighted by molar-refractivity contribution is -0.123. The fourth-order valence-electron chi connectivity index (χ4n) is 3.78. The number of aromatic nitrogens is 4. The van der Waals surface area contributed by atoms with Crippen molar-refractivity contribution in [1.82, 2.24) is 29.5 Å². The van der Waals surface area contributed by atoms with E-state index in [9.17, 15) is 9.59 Å². The average Bonchev–Trinajstić information content (AvgIpc) is 3.26. The van der Waals surface area contributed by atoms with E-state index < -0.39 is 0 Å². The van der Waals surface area contributed by atoms with Crippen LogP contribution in [-0.4, -0.2) is 80.1 Å². The first-order chi connectivity index (χ1) is 12.5. The van der Waals surface area contributed by atoms with Crippen molar-refractivity contribution in [1.29, 1.82) is 0 Å². The van der Waals surface area contributed by atoms with E-state index in [0.717, 1.165) is 12.1 Å². The Labute approximate surface area is 151 Å². The Balaban J connectivity index is 1.56. The van der Waals surface area contributed by atoms with Gasteiger partial charge < -0.3 is 9.80 Å². The molecule has 0 radical (unpaired) electrons. The van der Waals surface area contributed by atoms with Crippen molar-refractivity contribution >= 4 is 17.5 Å². The molecule has 0 aromatic carbocycles. The van der Waals surface area contributed by atoms with Gasteiger partial charge in [0.1, 0.15) is 5.69 Å². The van der Waals surface area contributed by atoms with Crippen LogP contribution in [0.3, 0.4) is 0 Å². The number of amides is 2. The highest BCUT2D eigenvalue weighted by atomic mass is 16.2. The predicted octanol–water partition coefficient (Wildman–Crippen LogP) is -0.227. The lowest BCUT2D eigenvalue weighted by atomic mass is 9.93. The van der Waals surface area contributed by atoms with Crippen LogP contribution in [0.1, 0.15) is 16.9 Å². The molecule has 2 fully saturated rings. The molecule has 0 unspecified atom stereocenters. The first-order valence-electron chi connectivity index (χ1n) is 8.54. The topological polar surface area (TPSA) is 87.5 Å². The summed E-state index contributed by atoms with van der Waals surface area (Å²) in [5, 5.41) is 4.17. The Morgan fingerprint density at radius 1 is 1.19 bits per heavy atom. The number of carbonyl (C=O) groups is 2. The maximum Gasteiger partial charge on any atom is 0.274 e. The first kappa shape index (κ1) is 16.6. The maximum atomic E-state index is 12.7. The summed E-state index contributed by atoms with van der Waals surface area (Å²) in [6.45, 7) is 2.05. The molecule has 1 spiro atoms. The summed E-state index contributed by atoms with van der Waals surface area (Å²) >= 11 is 0. The summed E-state index contributed by atoms with van der Waals surface area (Å²) in [6.07, 6.45) is 8.91. The Bertz CT molecular complexity index is 837. The SMILES string of the molecule is CN1CC(=O)N(c2cnn(C)c2)C[C@]12CCN(C(=O)c1cnccn1)C2. The second-order valence-electron chi connectivity index (χ2n) is 7.00. The van der Waals surface area contributed by atoms with Gasteiger partial charge in [0, 0.05) is 45.3 Å². The third-order valence-electron chi connectivity index (χ3n) is 5.34. The Kier molecular flexibility index (Phi) is 3.95. The third kappa shape index (κ3) is 2.74. The Morgan fingerprint density at radius 3 is 2.73 bits per heavy atom. The van der Waals surface area contributed by atoms with Gasteiger partial charge in [-0.2, -0.15) is 5.10 Å². The molecule has 4 heterocycles. The first-order valence-corrected chi connectivity index (χ1v) is 8.54. The standard InChI is InChI=1S/C17H21N7O2/c1-21-10-15(25)24(13-7-20-22(2)9-13)12-17(21)3-6-23(11-17)16(26)14-8-18-4-5-19-14/h4-5,7-9H,3,6,10-12H2,1-2H3/t17-/m1/s1. The lowest BCUT2D eigenvalue weighted by Gasteiger charge is -2.46. The van der Waals surface area contributed by atoms with Crippen molar-refractivity contribution in [3.8, 4) is 0 Å². The van der Waals surface area contributed by atoms with Crippen LogP contribution in [0.2, 0.25) is 0 Å². The van der Waals surface area contributed by atoms with E-state index in [2.05, 4.69) is 20.0 Å². The van der Waals surface area contributed by atoms with Crippen LogP contribution >= 0.6 is 0 Å². The van der Waals surface area contributed by atoms with Crippen LogP contribution in [0.4, 0.5) is 5.69 Å². The molecule has 1 atom stereocenters. The highest BCUT2D eigenvalue weighted by molar-refractivity contribution is 5.96. The zero-order valence-electron chi connectivity index (χ0n) is 14.9. The molecule has 0 N–H and O–H groups in total. The van der Waals surface area contributed by atoms with Gasteiger partial charge in [0.15, 0.2) is 0 Å². The molecule has 2 aliphatic heterocycles. The summed E-state index contributed by atoms with van der Waals surface area (Å²) in [7, 11) is 3.78. The highest BCUT2D eigenvalue weighted by Gasteiger charge is 2.49. The molecule has 2 aliphatic rings. The van der Waals surface area contributed by atoms with Crippen LogP contribution < -0.4 is 4.90 Å². The van der Waals surface area contributed by atoms with Gasteiger partial charge in [-0.1, -0.05) is 0 Å². The normalized spacial score (nSPS) is 23.8. The molecule has 9 nitrogen and oxygen atoms in total. The minimum atomic E-state index is -0.262. The van der Waals surface area contributed by atoms with Crippen molar-refractivity contribution in [3.63, 3.8) is 0 Å². The fourth-order valence-corrected chi connectivity index (χ4v) is 3.78. The van der Waals surface area contributed by atoms with Gasteiger partial charge in [-0.3, -0.25) is 24.2 Å². The molecule has 0 saturated carbocycles. The molecule has 26 heavy (non-hydrogen) atoms. The molecular formula is C17H21N7O2. The number of carbonyl (C=O) groups excluding carboxylic acids is 2. The summed E-state index contributed by atoms with van der Waals surface area (Å²) in [5.41, 5.74) is 0.883. The van der Waals surface area contributed by atoms with Crippen LogP contribution in [0, 0.1) is 0 Å². The summed E-state index contributed by atoms with van der Waals surface area (Å²) < 4.78 is 1.69. The van der Waals surface area contributed by atoms with Crippen molar-refractivity contribution in [2.24, 2.45) is 7.05 Å². The molecule has 2 amide bonds. The number of nitrogens with zero attached hydrogens (tertiary/aromatic N) is 7. The number of piperazine rings is 1. The second kappa shape index (κ2) is 6.17. The maximum absolute atomic E-state index is 12.7. The van der Waals surface area contributed by atoms with Crippen LogP contribution in [-0.2, 0) is 11.8 Å². The number of rotatable bonds is 2. The summed E-state index contributed by atoms with van der Waals surface area (Å²) in [6, 6.07) is 0. The second-order valence-corrected chi connectivity index (χ2v) is 7.00. The minimum absolute atomic E-state index is 0.0461. The van der Waals surface area contributed by atoms with E-state index in [1.165, 1.54) is 12.4 Å². The monoisotopic (exact) mass is 355 g/mol. The van der Waals surface area contributed by atoms with Crippen LogP contribution in [0.15, 0.2) is 31.0 Å².